The lowest BCUT2D eigenvalue weighted by molar-refractivity contribution is 0.593. The molecule has 0 saturated heterocycles. The zero-order valence-electron chi connectivity index (χ0n) is 14.8. The van der Waals surface area contributed by atoms with Gasteiger partial charge >= 0.3 is 0 Å². The van der Waals surface area contributed by atoms with Crippen LogP contribution >= 0.6 is 11.6 Å². The Kier molecular flexibility index (Phi) is 4.47. The number of fused-ring (bicyclic) bond motifs is 1. The minimum absolute atomic E-state index is 0.0161. The SMILES string of the molecule is CS(=O)(=O)c1nc(-c2ccc(F)c(Cl)c2)c2c(N)n(-c3cccc(F)c3)nc2n1. The van der Waals surface area contributed by atoms with E-state index in [1.165, 1.54) is 35.0 Å². The highest BCUT2D eigenvalue weighted by Crippen LogP contribution is 2.34. The first-order chi connectivity index (χ1) is 13.6. The van der Waals surface area contributed by atoms with E-state index in [0.29, 0.717) is 11.3 Å². The van der Waals surface area contributed by atoms with E-state index < -0.39 is 26.6 Å². The van der Waals surface area contributed by atoms with Gasteiger partial charge in [0, 0.05) is 11.8 Å². The van der Waals surface area contributed by atoms with E-state index in [9.17, 15) is 17.2 Å². The normalized spacial score (nSPS) is 11.9. The Balaban J connectivity index is 2.08. The third kappa shape index (κ3) is 3.40. The number of aromatic nitrogens is 4. The number of nitrogens with two attached hydrogens (primary N) is 1. The number of benzene rings is 2. The van der Waals surface area contributed by atoms with Crippen LogP contribution in [-0.2, 0) is 9.84 Å². The second kappa shape index (κ2) is 6.75. The standard InChI is InChI=1S/C18H12ClF2N5O2S/c1-29(27,28)18-23-15(9-5-6-13(21)12(19)7-9)14-16(22)26(25-17(14)24-18)11-4-2-3-10(20)8-11/h2-8H,22H2,1H3. The van der Waals surface area contributed by atoms with Crippen molar-refractivity contribution in [2.24, 2.45) is 0 Å². The molecule has 148 valence electrons. The molecule has 0 atom stereocenters. The molecular formula is C18H12ClF2N5O2S. The molecule has 0 saturated carbocycles. The van der Waals surface area contributed by atoms with Crippen molar-refractivity contribution in [1.82, 2.24) is 19.7 Å². The summed E-state index contributed by atoms with van der Waals surface area (Å²) in [6.07, 6.45) is 0.947. The van der Waals surface area contributed by atoms with Crippen LogP contribution in [0.5, 0.6) is 0 Å². The Bertz CT molecular complexity index is 1390. The van der Waals surface area contributed by atoms with Gasteiger partial charge in [-0.05, 0) is 36.4 Å². The molecule has 29 heavy (non-hydrogen) atoms. The van der Waals surface area contributed by atoms with Crippen molar-refractivity contribution in [2.75, 3.05) is 12.0 Å². The first-order valence-electron chi connectivity index (χ1n) is 8.13. The lowest BCUT2D eigenvalue weighted by atomic mass is 10.1. The molecular weight excluding hydrogens is 424 g/mol. The molecule has 7 nitrogen and oxygen atoms in total. The van der Waals surface area contributed by atoms with Gasteiger partial charge < -0.3 is 5.73 Å². The van der Waals surface area contributed by atoms with Crippen LogP contribution in [0.4, 0.5) is 14.6 Å². The van der Waals surface area contributed by atoms with E-state index in [4.69, 9.17) is 17.3 Å². The average Bonchev–Trinajstić information content (AvgIpc) is 2.99. The first kappa shape index (κ1) is 19.2. The number of nitrogen functional groups attached to an aromatic ring is 1. The predicted molar refractivity (Wildman–Crippen MR) is 105 cm³/mol. The van der Waals surface area contributed by atoms with E-state index in [1.807, 2.05) is 0 Å². The zero-order valence-corrected chi connectivity index (χ0v) is 16.3. The predicted octanol–water partition coefficient (Wildman–Crippen LogP) is 3.40. The third-order valence-electron chi connectivity index (χ3n) is 4.13. The molecule has 0 fully saturated rings. The van der Waals surface area contributed by atoms with E-state index in [0.717, 1.165) is 12.3 Å². The maximum atomic E-state index is 13.6. The number of sulfone groups is 1. The topological polar surface area (TPSA) is 104 Å². The summed E-state index contributed by atoms with van der Waals surface area (Å²) >= 11 is 5.87. The van der Waals surface area contributed by atoms with E-state index in [-0.39, 0.29) is 27.6 Å². The molecule has 2 N–H and O–H groups in total. The number of halogens is 3. The minimum atomic E-state index is -3.80. The largest absolute Gasteiger partial charge is 0.383 e. The van der Waals surface area contributed by atoms with E-state index >= 15 is 0 Å². The molecule has 0 bridgehead atoms. The molecule has 2 heterocycles. The highest BCUT2D eigenvalue weighted by molar-refractivity contribution is 7.90. The number of nitrogens with zero attached hydrogens (tertiary/aromatic N) is 4. The third-order valence-corrected chi connectivity index (χ3v) is 5.26. The Hall–Kier alpha value is -3.11. The van der Waals surface area contributed by atoms with Gasteiger partial charge in [-0.2, -0.15) is 4.98 Å². The van der Waals surface area contributed by atoms with Crippen molar-refractivity contribution in [3.05, 3.63) is 59.1 Å². The van der Waals surface area contributed by atoms with Crippen LogP contribution < -0.4 is 5.73 Å². The van der Waals surface area contributed by atoms with Crippen LogP contribution in [0.25, 0.3) is 28.0 Å². The van der Waals surface area contributed by atoms with Crippen LogP contribution in [0.2, 0.25) is 5.02 Å². The summed E-state index contributed by atoms with van der Waals surface area (Å²) < 4.78 is 52.6. The molecule has 11 heteroatoms. The summed E-state index contributed by atoms with van der Waals surface area (Å²) in [5.41, 5.74) is 6.95. The number of rotatable bonds is 3. The van der Waals surface area contributed by atoms with Gasteiger partial charge in [0.2, 0.25) is 15.0 Å². The van der Waals surface area contributed by atoms with Crippen LogP contribution in [-0.4, -0.2) is 34.4 Å². The monoisotopic (exact) mass is 435 g/mol. The summed E-state index contributed by atoms with van der Waals surface area (Å²) in [4.78, 5) is 8.10. The second-order valence-electron chi connectivity index (χ2n) is 6.23. The van der Waals surface area contributed by atoms with Gasteiger partial charge in [0.15, 0.2) is 5.65 Å². The second-order valence-corrected chi connectivity index (χ2v) is 8.55. The lowest BCUT2D eigenvalue weighted by Gasteiger charge is -2.07. The maximum absolute atomic E-state index is 13.6. The van der Waals surface area contributed by atoms with Crippen molar-refractivity contribution in [1.29, 1.82) is 0 Å². The number of hydrogen-bond donors (Lipinski definition) is 1. The fraction of sp³-hybridized carbons (Fsp3) is 0.0556. The van der Waals surface area contributed by atoms with Gasteiger partial charge in [0.05, 0.1) is 21.8 Å². The van der Waals surface area contributed by atoms with Crippen molar-refractivity contribution >= 4 is 38.3 Å². The summed E-state index contributed by atoms with van der Waals surface area (Å²) in [5, 5.41) is 3.80. The summed E-state index contributed by atoms with van der Waals surface area (Å²) in [6.45, 7) is 0. The van der Waals surface area contributed by atoms with Gasteiger partial charge in [-0.15, -0.1) is 5.10 Å². The van der Waals surface area contributed by atoms with E-state index in [1.54, 1.807) is 6.07 Å². The van der Waals surface area contributed by atoms with Crippen LogP contribution in [0.15, 0.2) is 47.6 Å². The van der Waals surface area contributed by atoms with Crippen molar-refractivity contribution in [3.8, 4) is 16.9 Å². The molecule has 4 rings (SSSR count). The quantitative estimate of drug-likeness (QED) is 0.494. The summed E-state index contributed by atoms with van der Waals surface area (Å²) in [7, 11) is -3.80. The average molecular weight is 436 g/mol. The van der Waals surface area contributed by atoms with Gasteiger partial charge in [-0.25, -0.2) is 26.9 Å². The molecule has 0 aliphatic rings. The van der Waals surface area contributed by atoms with Crippen LogP contribution in [0, 0.1) is 11.6 Å². The Morgan fingerprint density at radius 3 is 2.52 bits per heavy atom. The molecule has 2 aromatic carbocycles. The van der Waals surface area contributed by atoms with Crippen LogP contribution in [0.1, 0.15) is 0 Å². The van der Waals surface area contributed by atoms with Crippen LogP contribution in [0.3, 0.4) is 0 Å². The summed E-state index contributed by atoms with van der Waals surface area (Å²) in [6, 6.07) is 9.32. The fourth-order valence-corrected chi connectivity index (χ4v) is 3.50. The van der Waals surface area contributed by atoms with Crippen molar-refractivity contribution in [3.63, 3.8) is 0 Å². The lowest BCUT2D eigenvalue weighted by Crippen LogP contribution is -2.06. The minimum Gasteiger partial charge on any atom is -0.383 e. The molecule has 0 aliphatic heterocycles. The highest BCUT2D eigenvalue weighted by atomic mass is 35.5. The first-order valence-corrected chi connectivity index (χ1v) is 10.4. The molecule has 2 aromatic heterocycles. The number of anilines is 1. The number of hydrogen-bond acceptors (Lipinski definition) is 6. The fourth-order valence-electron chi connectivity index (χ4n) is 2.81. The molecule has 0 spiro atoms. The smallest absolute Gasteiger partial charge is 0.249 e. The van der Waals surface area contributed by atoms with Gasteiger partial charge in [-0.1, -0.05) is 17.7 Å². The maximum Gasteiger partial charge on any atom is 0.249 e. The van der Waals surface area contributed by atoms with E-state index in [2.05, 4.69) is 15.1 Å². The van der Waals surface area contributed by atoms with Gasteiger partial charge in [-0.3, -0.25) is 0 Å². The Morgan fingerprint density at radius 1 is 1.10 bits per heavy atom. The zero-order chi connectivity index (χ0) is 20.9. The summed E-state index contributed by atoms with van der Waals surface area (Å²) in [5.74, 6) is -1.09. The Morgan fingerprint density at radius 2 is 1.86 bits per heavy atom. The van der Waals surface area contributed by atoms with Crippen molar-refractivity contribution < 1.29 is 17.2 Å². The molecule has 4 aromatic rings. The van der Waals surface area contributed by atoms with Gasteiger partial charge in [0.1, 0.15) is 17.5 Å². The van der Waals surface area contributed by atoms with Crippen molar-refractivity contribution in [2.45, 2.75) is 5.16 Å². The molecule has 0 unspecified atom stereocenters. The van der Waals surface area contributed by atoms with Gasteiger partial charge in [0.25, 0.3) is 0 Å². The molecule has 0 aliphatic carbocycles. The highest BCUT2D eigenvalue weighted by Gasteiger charge is 2.23. The molecule has 0 radical (unpaired) electrons. The Labute approximate surface area is 168 Å². The molecule has 0 amide bonds.